The Labute approximate surface area is 154 Å². The van der Waals surface area contributed by atoms with Crippen molar-refractivity contribution in [1.82, 2.24) is 10.3 Å². The number of aromatic nitrogens is 1. The standard InChI is InChI=1S/C20H17F2N3O2/c21-15-6-5-14(9-16(15)22)25-11-12(7-19(25)26)10-23-20(27)18-8-13-3-1-2-4-17(13)24-18/h1-6,8-9,12,24H,7,10-11H2,(H,23,27). The van der Waals surface area contributed by atoms with Gasteiger partial charge in [-0.3, -0.25) is 9.59 Å². The van der Waals surface area contributed by atoms with Crippen molar-refractivity contribution in [1.29, 1.82) is 0 Å². The molecule has 1 aromatic heterocycles. The van der Waals surface area contributed by atoms with Crippen LogP contribution in [0.15, 0.2) is 48.5 Å². The van der Waals surface area contributed by atoms with Crippen LogP contribution in [0.1, 0.15) is 16.9 Å². The maximum absolute atomic E-state index is 13.4. The predicted molar refractivity (Wildman–Crippen MR) is 97.4 cm³/mol. The van der Waals surface area contributed by atoms with E-state index in [1.54, 1.807) is 6.07 Å². The van der Waals surface area contributed by atoms with Crippen LogP contribution in [0.3, 0.4) is 0 Å². The van der Waals surface area contributed by atoms with E-state index in [2.05, 4.69) is 10.3 Å². The van der Waals surface area contributed by atoms with Gasteiger partial charge < -0.3 is 15.2 Å². The Morgan fingerprint density at radius 1 is 1.15 bits per heavy atom. The first-order valence-electron chi connectivity index (χ1n) is 8.62. The molecule has 1 atom stereocenters. The van der Waals surface area contributed by atoms with Crippen molar-refractivity contribution >= 4 is 28.4 Å². The fraction of sp³-hybridized carbons (Fsp3) is 0.200. The van der Waals surface area contributed by atoms with Crippen LogP contribution in [0.5, 0.6) is 0 Å². The zero-order valence-electron chi connectivity index (χ0n) is 14.3. The lowest BCUT2D eigenvalue weighted by Crippen LogP contribution is -2.31. The molecule has 0 spiro atoms. The van der Waals surface area contributed by atoms with Crippen molar-refractivity contribution in [2.45, 2.75) is 6.42 Å². The first-order chi connectivity index (χ1) is 13.0. The van der Waals surface area contributed by atoms with E-state index in [0.717, 1.165) is 23.0 Å². The summed E-state index contributed by atoms with van der Waals surface area (Å²) in [6, 6.07) is 12.8. The molecule has 7 heteroatoms. The Morgan fingerprint density at radius 3 is 2.74 bits per heavy atom. The number of fused-ring (bicyclic) bond motifs is 1. The molecule has 2 N–H and O–H groups in total. The summed E-state index contributed by atoms with van der Waals surface area (Å²) in [7, 11) is 0. The van der Waals surface area contributed by atoms with Gasteiger partial charge in [-0.2, -0.15) is 0 Å². The van der Waals surface area contributed by atoms with Crippen LogP contribution < -0.4 is 10.2 Å². The third-order valence-corrected chi connectivity index (χ3v) is 4.75. The summed E-state index contributed by atoms with van der Waals surface area (Å²) in [5.41, 5.74) is 1.66. The molecule has 1 saturated heterocycles. The molecule has 0 aliphatic carbocycles. The lowest BCUT2D eigenvalue weighted by atomic mass is 10.1. The second-order valence-corrected chi connectivity index (χ2v) is 6.65. The molecule has 1 aliphatic heterocycles. The van der Waals surface area contributed by atoms with E-state index in [1.165, 1.54) is 11.0 Å². The summed E-state index contributed by atoms with van der Waals surface area (Å²) in [5.74, 6) is -2.46. The monoisotopic (exact) mass is 369 g/mol. The van der Waals surface area contributed by atoms with Crippen LogP contribution in [-0.4, -0.2) is 29.9 Å². The van der Waals surface area contributed by atoms with Gasteiger partial charge in [0.1, 0.15) is 5.69 Å². The van der Waals surface area contributed by atoms with E-state index in [4.69, 9.17) is 0 Å². The number of halogens is 2. The van der Waals surface area contributed by atoms with Crippen LogP contribution in [-0.2, 0) is 4.79 Å². The maximum Gasteiger partial charge on any atom is 0.267 e. The molecule has 0 saturated carbocycles. The van der Waals surface area contributed by atoms with E-state index in [9.17, 15) is 18.4 Å². The Bertz CT molecular complexity index is 998. The zero-order valence-corrected chi connectivity index (χ0v) is 14.3. The van der Waals surface area contributed by atoms with Gasteiger partial charge in [0.15, 0.2) is 11.6 Å². The van der Waals surface area contributed by atoms with Gasteiger partial charge in [-0.05, 0) is 24.3 Å². The molecule has 4 rings (SSSR count). The minimum Gasteiger partial charge on any atom is -0.351 e. The number of amides is 2. The summed E-state index contributed by atoms with van der Waals surface area (Å²) in [4.78, 5) is 29.0. The number of carbonyl (C=O) groups excluding carboxylic acids is 2. The van der Waals surface area contributed by atoms with Crippen molar-refractivity contribution in [2.24, 2.45) is 5.92 Å². The summed E-state index contributed by atoms with van der Waals surface area (Å²) in [6.07, 6.45) is 0.242. The number of anilines is 1. The second kappa shape index (κ2) is 6.83. The molecule has 3 aromatic rings. The number of nitrogens with zero attached hydrogens (tertiary/aromatic N) is 1. The van der Waals surface area contributed by atoms with Gasteiger partial charge in [-0.25, -0.2) is 8.78 Å². The van der Waals surface area contributed by atoms with E-state index < -0.39 is 11.6 Å². The summed E-state index contributed by atoms with van der Waals surface area (Å²) < 4.78 is 26.5. The van der Waals surface area contributed by atoms with Crippen LogP contribution >= 0.6 is 0 Å². The third kappa shape index (κ3) is 3.40. The maximum atomic E-state index is 13.4. The quantitative estimate of drug-likeness (QED) is 0.742. The van der Waals surface area contributed by atoms with Crippen LogP contribution in [0.25, 0.3) is 10.9 Å². The van der Waals surface area contributed by atoms with E-state index in [-0.39, 0.29) is 24.2 Å². The van der Waals surface area contributed by atoms with Crippen molar-refractivity contribution in [2.75, 3.05) is 18.0 Å². The van der Waals surface area contributed by atoms with Gasteiger partial charge in [0.2, 0.25) is 5.91 Å². The Kier molecular flexibility index (Phi) is 4.35. The summed E-state index contributed by atoms with van der Waals surface area (Å²) in [5, 5.41) is 3.78. The Balaban J connectivity index is 1.39. The first-order valence-corrected chi connectivity index (χ1v) is 8.62. The minimum atomic E-state index is -0.990. The highest BCUT2D eigenvalue weighted by Gasteiger charge is 2.31. The molecular formula is C20H17F2N3O2. The van der Waals surface area contributed by atoms with Gasteiger partial charge in [0.25, 0.3) is 5.91 Å². The molecule has 2 amide bonds. The van der Waals surface area contributed by atoms with Crippen molar-refractivity contribution < 1.29 is 18.4 Å². The minimum absolute atomic E-state index is 0.0982. The molecule has 1 fully saturated rings. The van der Waals surface area contributed by atoms with Crippen LogP contribution in [0, 0.1) is 17.6 Å². The van der Waals surface area contributed by atoms with Gasteiger partial charge in [0, 0.05) is 48.1 Å². The molecule has 27 heavy (non-hydrogen) atoms. The molecule has 2 aromatic carbocycles. The van der Waals surface area contributed by atoms with Crippen molar-refractivity contribution in [3.05, 3.63) is 65.9 Å². The van der Waals surface area contributed by atoms with Crippen LogP contribution in [0.4, 0.5) is 14.5 Å². The number of hydrogen-bond acceptors (Lipinski definition) is 2. The number of aromatic amines is 1. The van der Waals surface area contributed by atoms with Gasteiger partial charge in [-0.1, -0.05) is 18.2 Å². The molecule has 2 heterocycles. The predicted octanol–water partition coefficient (Wildman–Crippen LogP) is 3.23. The Morgan fingerprint density at radius 2 is 1.96 bits per heavy atom. The van der Waals surface area contributed by atoms with Gasteiger partial charge in [0.05, 0.1) is 0 Å². The lowest BCUT2D eigenvalue weighted by Gasteiger charge is -2.17. The fourth-order valence-electron chi connectivity index (χ4n) is 3.35. The smallest absolute Gasteiger partial charge is 0.267 e. The zero-order chi connectivity index (χ0) is 19.0. The highest BCUT2D eigenvalue weighted by molar-refractivity contribution is 5.98. The average molecular weight is 369 g/mol. The summed E-state index contributed by atoms with van der Waals surface area (Å²) in [6.45, 7) is 0.664. The second-order valence-electron chi connectivity index (χ2n) is 6.65. The first kappa shape index (κ1) is 17.2. The number of H-pyrrole nitrogens is 1. The molecule has 1 aliphatic rings. The van der Waals surface area contributed by atoms with Crippen LogP contribution in [0.2, 0.25) is 0 Å². The number of para-hydroxylation sites is 1. The van der Waals surface area contributed by atoms with Crippen molar-refractivity contribution in [3.8, 4) is 0 Å². The molecule has 0 radical (unpaired) electrons. The summed E-state index contributed by atoms with van der Waals surface area (Å²) >= 11 is 0. The number of carbonyl (C=O) groups is 2. The molecule has 1 unspecified atom stereocenters. The molecule has 138 valence electrons. The number of nitrogens with one attached hydrogen (secondary N) is 2. The molecule has 0 bridgehead atoms. The van der Waals surface area contributed by atoms with E-state index in [1.807, 2.05) is 24.3 Å². The molecule has 5 nitrogen and oxygen atoms in total. The normalized spacial score (nSPS) is 16.9. The largest absolute Gasteiger partial charge is 0.351 e. The SMILES string of the molecule is O=C(NCC1CC(=O)N(c2ccc(F)c(F)c2)C1)c1cc2ccccc2[nH]1. The highest BCUT2D eigenvalue weighted by atomic mass is 19.2. The topological polar surface area (TPSA) is 65.2 Å². The van der Waals surface area contributed by atoms with Crippen molar-refractivity contribution in [3.63, 3.8) is 0 Å². The number of rotatable bonds is 4. The van der Waals surface area contributed by atoms with E-state index in [0.29, 0.717) is 24.5 Å². The highest BCUT2D eigenvalue weighted by Crippen LogP contribution is 2.26. The number of hydrogen-bond donors (Lipinski definition) is 2. The lowest BCUT2D eigenvalue weighted by molar-refractivity contribution is -0.117. The Hall–Kier alpha value is -3.22. The van der Waals surface area contributed by atoms with Gasteiger partial charge in [-0.15, -0.1) is 0 Å². The third-order valence-electron chi connectivity index (χ3n) is 4.75. The fourth-order valence-corrected chi connectivity index (χ4v) is 3.35. The van der Waals surface area contributed by atoms with Gasteiger partial charge >= 0.3 is 0 Å². The number of benzene rings is 2. The van der Waals surface area contributed by atoms with E-state index >= 15 is 0 Å². The molecular weight excluding hydrogens is 352 g/mol. The average Bonchev–Trinajstić information content (AvgIpc) is 3.25.